The smallest absolute Gasteiger partial charge is 0.338 e. The van der Waals surface area contributed by atoms with Crippen molar-refractivity contribution < 1.29 is 32.2 Å². The molecular weight excluding hydrogens is 463 g/mol. The number of hydrogen-bond donors (Lipinski definition) is 2. The molecule has 32 heavy (non-hydrogen) atoms. The van der Waals surface area contributed by atoms with Crippen LogP contribution in [0.3, 0.4) is 0 Å². The van der Waals surface area contributed by atoms with E-state index in [-0.39, 0.29) is 35.1 Å². The van der Waals surface area contributed by atoms with Gasteiger partial charge in [0.15, 0.2) is 5.75 Å². The second-order valence-electron chi connectivity index (χ2n) is 6.88. The molecule has 0 saturated carbocycles. The summed E-state index contributed by atoms with van der Waals surface area (Å²) in [6.07, 6.45) is 1.48. The van der Waals surface area contributed by atoms with Crippen molar-refractivity contribution in [3.8, 4) is 22.6 Å². The quantitative estimate of drug-likeness (QED) is 0.404. The Hall–Kier alpha value is -3.37. The highest BCUT2D eigenvalue weighted by atomic mass is 35.5. The van der Waals surface area contributed by atoms with Gasteiger partial charge in [-0.15, -0.1) is 0 Å². The summed E-state index contributed by atoms with van der Waals surface area (Å²) in [5.74, 6) is -2.08. The standard InChI is InChI=1S/C21H16ClFN2O6S/c1-30-17-3-2-11-7-16(17)25-32(28,29)18-8-13(6-15(22)20(18)26)21(27)31-5-4-12-9-19(23)24-10-14(11)12/h2-3,6-10,25-26H,4-5H2,1H3. The van der Waals surface area contributed by atoms with Gasteiger partial charge in [0.25, 0.3) is 10.0 Å². The number of fused-ring (bicyclic) bond motifs is 6. The summed E-state index contributed by atoms with van der Waals surface area (Å²) in [5, 5.41) is 9.92. The Balaban J connectivity index is 1.96. The van der Waals surface area contributed by atoms with Gasteiger partial charge in [0, 0.05) is 18.2 Å². The van der Waals surface area contributed by atoms with Crippen molar-refractivity contribution in [1.82, 2.24) is 4.98 Å². The van der Waals surface area contributed by atoms with Crippen LogP contribution in [0.1, 0.15) is 15.9 Å². The number of cyclic esters (lactones) is 1. The van der Waals surface area contributed by atoms with Gasteiger partial charge in [-0.2, -0.15) is 4.39 Å². The number of hydrogen-bond acceptors (Lipinski definition) is 7. The average Bonchev–Trinajstić information content (AvgIpc) is 2.74. The molecule has 1 aliphatic rings. The van der Waals surface area contributed by atoms with Gasteiger partial charge < -0.3 is 14.6 Å². The molecule has 2 N–H and O–H groups in total. The molecule has 0 atom stereocenters. The fourth-order valence-corrected chi connectivity index (χ4v) is 4.80. The van der Waals surface area contributed by atoms with E-state index in [0.29, 0.717) is 16.7 Å². The number of halogens is 2. The van der Waals surface area contributed by atoms with Crippen molar-refractivity contribution in [3.05, 3.63) is 64.7 Å². The van der Waals surface area contributed by atoms with Crippen LogP contribution < -0.4 is 9.46 Å². The number of pyridine rings is 1. The number of ether oxygens (including phenoxy) is 2. The topological polar surface area (TPSA) is 115 Å². The maximum absolute atomic E-state index is 13.8. The summed E-state index contributed by atoms with van der Waals surface area (Å²) < 4.78 is 52.8. The minimum absolute atomic E-state index is 0.0563. The Morgan fingerprint density at radius 2 is 2.00 bits per heavy atom. The average molecular weight is 479 g/mol. The van der Waals surface area contributed by atoms with Crippen LogP contribution in [-0.2, 0) is 21.2 Å². The number of aromatic hydroxyl groups is 1. The number of benzene rings is 2. The van der Waals surface area contributed by atoms with Crippen LogP contribution in [0.4, 0.5) is 10.1 Å². The van der Waals surface area contributed by atoms with Gasteiger partial charge in [-0.05, 0) is 41.5 Å². The largest absolute Gasteiger partial charge is 0.505 e. The van der Waals surface area contributed by atoms with Crippen LogP contribution in [0.5, 0.6) is 11.5 Å². The minimum Gasteiger partial charge on any atom is -0.505 e. The van der Waals surface area contributed by atoms with E-state index in [0.717, 1.165) is 12.1 Å². The Morgan fingerprint density at radius 1 is 1.22 bits per heavy atom. The van der Waals surface area contributed by atoms with Crippen molar-refractivity contribution in [1.29, 1.82) is 0 Å². The number of aromatic nitrogens is 1. The van der Waals surface area contributed by atoms with E-state index in [1.54, 1.807) is 6.07 Å². The third-order valence-electron chi connectivity index (χ3n) is 4.87. The number of nitrogens with one attached hydrogen (secondary N) is 1. The molecule has 0 spiro atoms. The Kier molecular flexibility index (Phi) is 5.66. The van der Waals surface area contributed by atoms with Crippen LogP contribution in [0.25, 0.3) is 11.1 Å². The van der Waals surface area contributed by atoms with Crippen LogP contribution in [0.2, 0.25) is 5.02 Å². The summed E-state index contributed by atoms with van der Waals surface area (Å²) in [4.78, 5) is 15.6. The summed E-state index contributed by atoms with van der Waals surface area (Å²) in [5.41, 5.74) is 1.43. The van der Waals surface area contributed by atoms with Gasteiger partial charge in [-0.25, -0.2) is 18.2 Å². The normalized spacial score (nSPS) is 15.0. The van der Waals surface area contributed by atoms with Gasteiger partial charge in [0.1, 0.15) is 10.6 Å². The van der Waals surface area contributed by atoms with E-state index in [1.165, 1.54) is 31.5 Å². The first-order valence-electron chi connectivity index (χ1n) is 9.25. The minimum atomic E-state index is -4.41. The molecule has 0 amide bonds. The number of phenolic OH excluding ortho intramolecular Hbond substituents is 1. The number of methoxy groups -OCH3 is 1. The maximum Gasteiger partial charge on any atom is 0.338 e. The lowest BCUT2D eigenvalue weighted by Gasteiger charge is -2.17. The van der Waals surface area contributed by atoms with E-state index in [1.807, 2.05) is 0 Å². The second-order valence-corrected chi connectivity index (χ2v) is 8.93. The Labute approximate surface area is 187 Å². The third-order valence-corrected chi connectivity index (χ3v) is 6.54. The van der Waals surface area contributed by atoms with Crippen LogP contribution >= 0.6 is 11.6 Å². The zero-order chi connectivity index (χ0) is 23.0. The number of esters is 1. The lowest BCUT2D eigenvalue weighted by Crippen LogP contribution is -2.16. The molecule has 0 radical (unpaired) electrons. The highest BCUT2D eigenvalue weighted by Gasteiger charge is 2.26. The fourth-order valence-electron chi connectivity index (χ4n) is 3.32. The number of rotatable bonds is 1. The lowest BCUT2D eigenvalue weighted by molar-refractivity contribution is 0.0509. The van der Waals surface area contributed by atoms with E-state index in [2.05, 4.69) is 9.71 Å². The maximum atomic E-state index is 13.8. The van der Waals surface area contributed by atoms with Crippen LogP contribution in [0.15, 0.2) is 47.5 Å². The zero-order valence-electron chi connectivity index (χ0n) is 16.6. The molecular formula is C21H16ClFN2O6S. The van der Waals surface area contributed by atoms with Gasteiger partial charge in [0.2, 0.25) is 5.95 Å². The molecule has 0 aliphatic carbocycles. The predicted molar refractivity (Wildman–Crippen MR) is 114 cm³/mol. The first-order valence-corrected chi connectivity index (χ1v) is 11.1. The van der Waals surface area contributed by atoms with Crippen molar-refractivity contribution in [2.75, 3.05) is 18.4 Å². The number of carbonyl (C=O) groups is 1. The molecule has 3 aromatic rings. The molecule has 166 valence electrons. The molecule has 0 fully saturated rings. The van der Waals surface area contributed by atoms with Crippen molar-refractivity contribution in [3.63, 3.8) is 0 Å². The first-order chi connectivity index (χ1) is 15.2. The molecule has 4 bridgehead atoms. The number of phenols is 1. The molecule has 2 aromatic carbocycles. The SMILES string of the molecule is COc1ccc2cc1NS(=O)(=O)c1cc(cc(Cl)c1O)C(=O)OCCc1cc(F)ncc1-2. The van der Waals surface area contributed by atoms with Crippen LogP contribution in [0, 0.1) is 5.95 Å². The molecule has 4 rings (SSSR count). The lowest BCUT2D eigenvalue weighted by atomic mass is 9.99. The van der Waals surface area contributed by atoms with Gasteiger partial charge in [-0.3, -0.25) is 4.72 Å². The first kappa shape index (κ1) is 21.8. The molecule has 11 heteroatoms. The summed E-state index contributed by atoms with van der Waals surface area (Å²) in [6.45, 7) is -0.114. The molecule has 2 heterocycles. The number of carbonyl (C=O) groups excluding carboxylic acids is 1. The fraction of sp³-hybridized carbons (Fsp3) is 0.143. The van der Waals surface area contributed by atoms with E-state index < -0.39 is 32.6 Å². The van der Waals surface area contributed by atoms with Crippen LogP contribution in [-0.4, -0.2) is 38.2 Å². The van der Waals surface area contributed by atoms with E-state index in [9.17, 15) is 22.7 Å². The molecule has 8 nitrogen and oxygen atoms in total. The molecule has 0 saturated heterocycles. The number of anilines is 1. The molecule has 1 aromatic heterocycles. The highest BCUT2D eigenvalue weighted by molar-refractivity contribution is 7.92. The summed E-state index contributed by atoms with van der Waals surface area (Å²) >= 11 is 5.96. The highest BCUT2D eigenvalue weighted by Crippen LogP contribution is 2.37. The second kappa shape index (κ2) is 8.29. The molecule has 0 unspecified atom stereocenters. The number of sulfonamides is 1. The van der Waals surface area contributed by atoms with E-state index >= 15 is 0 Å². The molecule has 1 aliphatic heterocycles. The van der Waals surface area contributed by atoms with Crippen molar-refractivity contribution in [2.45, 2.75) is 11.3 Å². The Bertz CT molecular complexity index is 1350. The van der Waals surface area contributed by atoms with Crippen molar-refractivity contribution in [2.24, 2.45) is 0 Å². The van der Waals surface area contributed by atoms with Gasteiger partial charge in [-0.1, -0.05) is 17.7 Å². The predicted octanol–water partition coefficient (Wildman–Crippen LogP) is 3.77. The zero-order valence-corrected chi connectivity index (χ0v) is 18.1. The van der Waals surface area contributed by atoms with Crippen molar-refractivity contribution >= 4 is 33.3 Å². The monoisotopic (exact) mass is 478 g/mol. The summed E-state index contributed by atoms with van der Waals surface area (Å²) in [6, 6.07) is 7.97. The van der Waals surface area contributed by atoms with Gasteiger partial charge in [0.05, 0.1) is 30.0 Å². The van der Waals surface area contributed by atoms with Gasteiger partial charge >= 0.3 is 5.97 Å². The van der Waals surface area contributed by atoms with E-state index in [4.69, 9.17) is 21.1 Å². The summed E-state index contributed by atoms with van der Waals surface area (Å²) in [7, 11) is -3.05. The Morgan fingerprint density at radius 3 is 2.75 bits per heavy atom. The third kappa shape index (κ3) is 4.06. The number of nitrogens with zero attached hydrogens (tertiary/aromatic N) is 1.